The molecular weight excluding hydrogens is 339 g/mol. The van der Waals surface area contributed by atoms with Crippen LogP contribution in [0.1, 0.15) is 12.8 Å². The van der Waals surface area contributed by atoms with Crippen molar-refractivity contribution in [2.24, 2.45) is 0 Å². The molecule has 1 aromatic carbocycles. The van der Waals surface area contributed by atoms with Gasteiger partial charge in [-0.05, 0) is 25.0 Å². The first-order valence-corrected chi connectivity index (χ1v) is 8.33. The molecule has 0 radical (unpaired) electrons. The number of rotatable bonds is 3. The van der Waals surface area contributed by atoms with Crippen LogP contribution in [0.5, 0.6) is 0 Å². The van der Waals surface area contributed by atoms with Crippen molar-refractivity contribution < 1.29 is 17.9 Å². The molecule has 0 amide bonds. The van der Waals surface area contributed by atoms with E-state index < -0.39 is 22.0 Å². The second-order valence-electron chi connectivity index (χ2n) is 4.57. The van der Waals surface area contributed by atoms with E-state index in [1.807, 2.05) is 0 Å². The molecule has 2 rings (SSSR count). The molecule has 1 aliphatic rings. The van der Waals surface area contributed by atoms with Crippen LogP contribution < -0.4 is 5.73 Å². The van der Waals surface area contributed by atoms with Crippen LogP contribution in [0.25, 0.3) is 0 Å². The van der Waals surface area contributed by atoms with Gasteiger partial charge < -0.3 is 10.5 Å². The number of nitrogen functional groups attached to an aromatic ring is 1. The van der Waals surface area contributed by atoms with Crippen LogP contribution in [0.4, 0.5) is 5.69 Å². The minimum atomic E-state index is -3.95. The minimum absolute atomic E-state index is 0.00627. The van der Waals surface area contributed by atoms with E-state index in [0.717, 1.165) is 4.31 Å². The molecule has 1 aromatic rings. The topological polar surface area (TPSA) is 89.7 Å². The number of halogens is 2. The van der Waals surface area contributed by atoms with Crippen LogP contribution in [0.15, 0.2) is 17.0 Å². The summed E-state index contributed by atoms with van der Waals surface area (Å²) in [6.07, 6.45) is 0.978. The number of anilines is 1. The molecule has 9 heteroatoms. The number of carbonyl (C=O) groups is 1. The highest BCUT2D eigenvalue weighted by atomic mass is 35.5. The highest BCUT2D eigenvalue weighted by molar-refractivity contribution is 7.89. The number of ether oxygens (including phenoxy) is 1. The fourth-order valence-electron chi connectivity index (χ4n) is 2.27. The number of carbonyl (C=O) groups excluding carboxylic acids is 1. The Bertz CT molecular complexity index is 678. The van der Waals surface area contributed by atoms with Gasteiger partial charge >= 0.3 is 5.97 Å². The van der Waals surface area contributed by atoms with Gasteiger partial charge in [-0.25, -0.2) is 8.42 Å². The minimum Gasteiger partial charge on any atom is -0.468 e. The van der Waals surface area contributed by atoms with E-state index >= 15 is 0 Å². The standard InChI is InChI=1S/C12H14Cl2N2O4S/c1-20-12(17)8-3-2-6-16(8)21(18,19)9-5-4-7(13)11(15)10(9)14/h4-5,8H,2-3,6,15H2,1H3. The van der Waals surface area contributed by atoms with Crippen molar-refractivity contribution in [3.63, 3.8) is 0 Å². The molecule has 116 valence electrons. The zero-order valence-corrected chi connectivity index (χ0v) is 13.5. The van der Waals surface area contributed by atoms with Crippen LogP contribution in [0.3, 0.4) is 0 Å². The number of hydrogen-bond donors (Lipinski definition) is 1. The normalized spacial score (nSPS) is 19.7. The zero-order valence-electron chi connectivity index (χ0n) is 11.2. The molecule has 21 heavy (non-hydrogen) atoms. The predicted molar refractivity (Wildman–Crippen MR) is 79.8 cm³/mol. The van der Waals surface area contributed by atoms with Crippen LogP contribution in [0, 0.1) is 0 Å². The SMILES string of the molecule is COC(=O)C1CCCN1S(=O)(=O)c1ccc(Cl)c(N)c1Cl. The maximum absolute atomic E-state index is 12.7. The second kappa shape index (κ2) is 6.00. The van der Waals surface area contributed by atoms with E-state index in [9.17, 15) is 13.2 Å². The summed E-state index contributed by atoms with van der Waals surface area (Å²) in [6, 6.07) is 1.80. The predicted octanol–water partition coefficient (Wildman–Crippen LogP) is 1.90. The van der Waals surface area contributed by atoms with Crippen molar-refractivity contribution in [2.75, 3.05) is 19.4 Å². The van der Waals surface area contributed by atoms with E-state index in [1.54, 1.807) is 0 Å². The van der Waals surface area contributed by atoms with Gasteiger partial charge in [0.15, 0.2) is 0 Å². The molecule has 1 fully saturated rings. The number of nitrogens with zero attached hydrogens (tertiary/aromatic N) is 1. The van der Waals surface area contributed by atoms with Crippen molar-refractivity contribution in [3.8, 4) is 0 Å². The number of benzene rings is 1. The van der Waals surface area contributed by atoms with Gasteiger partial charge in [0, 0.05) is 6.54 Å². The Morgan fingerprint density at radius 1 is 1.43 bits per heavy atom. The zero-order chi connectivity index (χ0) is 15.8. The quantitative estimate of drug-likeness (QED) is 0.662. The number of sulfonamides is 1. The van der Waals surface area contributed by atoms with Crippen LogP contribution in [-0.4, -0.2) is 38.4 Å². The van der Waals surface area contributed by atoms with E-state index in [-0.39, 0.29) is 27.2 Å². The van der Waals surface area contributed by atoms with E-state index in [0.29, 0.717) is 12.8 Å². The summed E-state index contributed by atoms with van der Waals surface area (Å²) in [5, 5.41) is 0.0305. The van der Waals surface area contributed by atoms with Gasteiger partial charge in [0.25, 0.3) is 0 Å². The average molecular weight is 353 g/mol. The first-order chi connectivity index (χ1) is 9.80. The van der Waals surface area contributed by atoms with Gasteiger partial charge in [0.1, 0.15) is 10.9 Å². The Balaban J connectivity index is 2.47. The molecule has 0 bridgehead atoms. The van der Waals surface area contributed by atoms with Gasteiger partial charge in [0.05, 0.1) is 22.8 Å². The highest BCUT2D eigenvalue weighted by Gasteiger charge is 2.41. The molecule has 1 unspecified atom stereocenters. The van der Waals surface area contributed by atoms with Crippen molar-refractivity contribution >= 4 is 44.9 Å². The number of nitrogens with two attached hydrogens (primary N) is 1. The lowest BCUT2D eigenvalue weighted by Crippen LogP contribution is -2.41. The van der Waals surface area contributed by atoms with Crippen molar-refractivity contribution in [3.05, 3.63) is 22.2 Å². The number of hydrogen-bond acceptors (Lipinski definition) is 5. The summed E-state index contributed by atoms with van der Waals surface area (Å²) in [5.74, 6) is -0.589. The molecule has 0 aromatic heterocycles. The van der Waals surface area contributed by atoms with Crippen LogP contribution >= 0.6 is 23.2 Å². The highest BCUT2D eigenvalue weighted by Crippen LogP contribution is 2.36. The molecule has 0 aliphatic carbocycles. The summed E-state index contributed by atoms with van der Waals surface area (Å²) in [5.41, 5.74) is 5.65. The van der Waals surface area contributed by atoms with Crippen LogP contribution in [0.2, 0.25) is 10.0 Å². The van der Waals surface area contributed by atoms with Gasteiger partial charge in [-0.15, -0.1) is 0 Å². The third-order valence-electron chi connectivity index (χ3n) is 3.35. The Kier molecular flexibility index (Phi) is 4.67. The van der Waals surface area contributed by atoms with Crippen LogP contribution in [-0.2, 0) is 19.6 Å². The molecule has 2 N–H and O–H groups in total. The van der Waals surface area contributed by atoms with Gasteiger partial charge in [-0.1, -0.05) is 23.2 Å². The first-order valence-electron chi connectivity index (χ1n) is 6.14. The molecule has 1 saturated heterocycles. The van der Waals surface area contributed by atoms with E-state index in [4.69, 9.17) is 28.9 Å². The largest absolute Gasteiger partial charge is 0.468 e. The Morgan fingerprint density at radius 2 is 2.10 bits per heavy atom. The molecule has 1 heterocycles. The Morgan fingerprint density at radius 3 is 2.71 bits per heavy atom. The molecule has 0 spiro atoms. The lowest BCUT2D eigenvalue weighted by atomic mass is 10.2. The Labute approximate surface area is 132 Å². The maximum Gasteiger partial charge on any atom is 0.324 e. The smallest absolute Gasteiger partial charge is 0.324 e. The molecule has 6 nitrogen and oxygen atoms in total. The summed E-state index contributed by atoms with van der Waals surface area (Å²) >= 11 is 11.8. The molecule has 1 atom stereocenters. The summed E-state index contributed by atoms with van der Waals surface area (Å²) in [6.45, 7) is 0.223. The molecular formula is C12H14Cl2N2O4S. The van der Waals surface area contributed by atoms with Crippen molar-refractivity contribution in [1.82, 2.24) is 4.31 Å². The molecule has 1 aliphatic heterocycles. The second-order valence-corrected chi connectivity index (χ2v) is 7.21. The van der Waals surface area contributed by atoms with E-state index in [2.05, 4.69) is 4.74 Å². The van der Waals surface area contributed by atoms with Gasteiger partial charge in [-0.3, -0.25) is 4.79 Å². The Hall–Kier alpha value is -1.02. The van der Waals surface area contributed by atoms with E-state index in [1.165, 1.54) is 19.2 Å². The fraction of sp³-hybridized carbons (Fsp3) is 0.417. The van der Waals surface area contributed by atoms with Crippen molar-refractivity contribution in [2.45, 2.75) is 23.8 Å². The number of esters is 1. The monoisotopic (exact) mass is 352 g/mol. The summed E-state index contributed by atoms with van der Waals surface area (Å²) in [4.78, 5) is 11.5. The summed E-state index contributed by atoms with van der Waals surface area (Å²) < 4.78 is 31.1. The third kappa shape index (κ3) is 2.83. The number of methoxy groups -OCH3 is 1. The third-order valence-corrected chi connectivity index (χ3v) is 6.15. The lowest BCUT2D eigenvalue weighted by molar-refractivity contribution is -0.144. The average Bonchev–Trinajstić information content (AvgIpc) is 2.94. The van der Waals surface area contributed by atoms with Gasteiger partial charge in [0.2, 0.25) is 10.0 Å². The van der Waals surface area contributed by atoms with Crippen molar-refractivity contribution in [1.29, 1.82) is 0 Å². The molecule has 0 saturated carbocycles. The van der Waals surface area contributed by atoms with Gasteiger partial charge in [-0.2, -0.15) is 4.31 Å². The summed E-state index contributed by atoms with van der Waals surface area (Å²) in [7, 11) is -2.73. The first kappa shape index (κ1) is 16.4. The fourth-order valence-corrected chi connectivity index (χ4v) is 4.66. The maximum atomic E-state index is 12.7. The lowest BCUT2D eigenvalue weighted by Gasteiger charge is -2.23.